The summed E-state index contributed by atoms with van der Waals surface area (Å²) in [6, 6.07) is 39.7. The van der Waals surface area contributed by atoms with E-state index in [0.717, 1.165) is 38.5 Å². The minimum absolute atomic E-state index is 0.0737. The highest BCUT2D eigenvalue weighted by atomic mass is 32.1. The van der Waals surface area contributed by atoms with Crippen LogP contribution >= 0.6 is 34.0 Å². The molecule has 0 spiro atoms. The Balaban J connectivity index is 1.31. The van der Waals surface area contributed by atoms with E-state index in [4.69, 9.17) is 0 Å². The molecule has 2 aliphatic rings. The Morgan fingerprint density at radius 3 is 1.83 bits per heavy atom. The highest BCUT2D eigenvalue weighted by molar-refractivity contribution is 7.16. The highest BCUT2D eigenvalue weighted by Crippen LogP contribution is 2.57. The van der Waals surface area contributed by atoms with E-state index < -0.39 is 0 Å². The van der Waals surface area contributed by atoms with E-state index in [-0.39, 0.29) is 16.2 Å². The Kier molecular flexibility index (Phi) is 13.7. The molecule has 5 heteroatoms. The maximum absolute atomic E-state index is 4.07. The predicted octanol–water partition coefficient (Wildman–Crippen LogP) is 18.6. The first kappa shape index (κ1) is 44.9. The van der Waals surface area contributed by atoms with Gasteiger partial charge >= 0.3 is 0 Å². The Bertz CT molecular complexity index is 2610. The van der Waals surface area contributed by atoms with E-state index >= 15 is 0 Å². The molecule has 0 saturated carbocycles. The van der Waals surface area contributed by atoms with Crippen LogP contribution < -0.4 is 9.80 Å². The number of thiophene rings is 3. The maximum Gasteiger partial charge on any atom is 0.100 e. The minimum Gasteiger partial charge on any atom is -0.302 e. The van der Waals surface area contributed by atoms with Gasteiger partial charge in [0, 0.05) is 53.1 Å². The van der Waals surface area contributed by atoms with E-state index in [1.54, 1.807) is 0 Å². The summed E-state index contributed by atoms with van der Waals surface area (Å²) in [6.45, 7) is 20.3. The summed E-state index contributed by atoms with van der Waals surface area (Å²) in [5.41, 5.74) is 10.5. The summed E-state index contributed by atoms with van der Waals surface area (Å²) in [5.74, 6) is 0. The van der Waals surface area contributed by atoms with Crippen molar-refractivity contribution in [2.45, 2.75) is 118 Å². The van der Waals surface area contributed by atoms with Crippen molar-refractivity contribution >= 4 is 67.2 Å². The molecule has 3 aromatic heterocycles. The van der Waals surface area contributed by atoms with Crippen LogP contribution in [0, 0.1) is 10.8 Å². The molecule has 0 radical (unpaired) electrons. The van der Waals surface area contributed by atoms with Crippen LogP contribution in [0.15, 0.2) is 146 Å². The van der Waals surface area contributed by atoms with Gasteiger partial charge in [-0.25, -0.2) is 0 Å². The number of aryl methyl sites for hydroxylation is 3. The van der Waals surface area contributed by atoms with Gasteiger partial charge in [-0.1, -0.05) is 135 Å². The number of nitrogens with zero attached hydrogens (tertiary/aromatic N) is 2. The van der Waals surface area contributed by atoms with Crippen molar-refractivity contribution in [2.75, 3.05) is 9.80 Å². The molecule has 0 fully saturated rings. The molecule has 0 bridgehead atoms. The Morgan fingerprint density at radius 1 is 0.619 bits per heavy atom. The summed E-state index contributed by atoms with van der Waals surface area (Å²) in [6.07, 6.45) is 25.2. The SMILES string of the molecule is C=Cc1ccc(CCCC2(CCCCCC)c3cc(N(C4=CC=CC(C)(C(C)(C)C)C=C4)c4ccc(CC)s4)ccc3-c3ccc(N(c4ccccc4)c4ccc(CC)s4)cc32)s1. The molecule has 3 heterocycles. The summed E-state index contributed by atoms with van der Waals surface area (Å²) >= 11 is 5.72. The topological polar surface area (TPSA) is 6.48 Å². The van der Waals surface area contributed by atoms with Gasteiger partial charge in [-0.3, -0.25) is 0 Å². The second kappa shape index (κ2) is 19.2. The normalized spacial score (nSPS) is 17.9. The van der Waals surface area contributed by atoms with Gasteiger partial charge in [0.2, 0.25) is 0 Å². The van der Waals surface area contributed by atoms with Crippen LogP contribution in [0.1, 0.15) is 124 Å². The van der Waals surface area contributed by atoms with E-state index in [1.807, 2.05) is 40.1 Å². The molecule has 3 aromatic carbocycles. The van der Waals surface area contributed by atoms with Gasteiger partial charge in [0.15, 0.2) is 0 Å². The summed E-state index contributed by atoms with van der Waals surface area (Å²) in [5, 5.41) is 2.53. The van der Waals surface area contributed by atoms with E-state index in [0.29, 0.717) is 0 Å². The van der Waals surface area contributed by atoms with Gasteiger partial charge in [-0.05, 0) is 151 Å². The van der Waals surface area contributed by atoms with Gasteiger partial charge in [-0.2, -0.15) is 0 Å². The smallest absolute Gasteiger partial charge is 0.100 e. The zero-order valence-corrected chi connectivity index (χ0v) is 41.1. The van der Waals surface area contributed by atoms with Crippen LogP contribution in [0.5, 0.6) is 0 Å². The lowest BCUT2D eigenvalue weighted by molar-refractivity contribution is 0.228. The zero-order valence-electron chi connectivity index (χ0n) is 38.7. The van der Waals surface area contributed by atoms with E-state index in [9.17, 15) is 0 Å². The van der Waals surface area contributed by atoms with Crippen molar-refractivity contribution in [3.8, 4) is 11.1 Å². The first-order chi connectivity index (χ1) is 30.5. The van der Waals surface area contributed by atoms with Gasteiger partial charge in [-0.15, -0.1) is 34.0 Å². The number of para-hydroxylation sites is 1. The lowest BCUT2D eigenvalue weighted by Gasteiger charge is -2.37. The maximum atomic E-state index is 4.07. The number of benzene rings is 3. The molecule has 0 saturated heterocycles. The molecule has 2 nitrogen and oxygen atoms in total. The molecule has 0 amide bonds. The fourth-order valence-corrected chi connectivity index (χ4v) is 12.5. The fourth-order valence-electron chi connectivity index (χ4n) is 9.57. The Morgan fingerprint density at radius 2 is 1.24 bits per heavy atom. The first-order valence-corrected chi connectivity index (χ1v) is 25.9. The van der Waals surface area contributed by atoms with Gasteiger partial charge in [0.05, 0.1) is 0 Å². The molecular formula is C58H66N2S3. The second-order valence-electron chi connectivity index (χ2n) is 18.7. The molecule has 2 aliphatic carbocycles. The summed E-state index contributed by atoms with van der Waals surface area (Å²) in [7, 11) is 0. The predicted molar refractivity (Wildman–Crippen MR) is 280 cm³/mol. The van der Waals surface area contributed by atoms with Crippen molar-refractivity contribution in [3.63, 3.8) is 0 Å². The van der Waals surface area contributed by atoms with Crippen LogP contribution in [0.3, 0.4) is 0 Å². The molecule has 63 heavy (non-hydrogen) atoms. The van der Waals surface area contributed by atoms with Gasteiger partial charge < -0.3 is 9.80 Å². The highest BCUT2D eigenvalue weighted by Gasteiger charge is 2.43. The monoisotopic (exact) mass is 886 g/mol. The van der Waals surface area contributed by atoms with Crippen LogP contribution in [-0.2, 0) is 24.7 Å². The Labute approximate surface area is 391 Å². The first-order valence-electron chi connectivity index (χ1n) is 23.4. The third-order valence-corrected chi connectivity index (χ3v) is 17.4. The molecule has 2 atom stereocenters. The van der Waals surface area contributed by atoms with Crippen LogP contribution in [0.2, 0.25) is 0 Å². The number of rotatable bonds is 18. The number of fused-ring (bicyclic) bond motifs is 3. The second-order valence-corrected chi connectivity index (χ2v) is 22.2. The van der Waals surface area contributed by atoms with Crippen molar-refractivity contribution in [2.24, 2.45) is 10.8 Å². The number of allylic oxidation sites excluding steroid dienone is 5. The molecular weight excluding hydrogens is 821 g/mol. The van der Waals surface area contributed by atoms with Crippen molar-refractivity contribution in [1.82, 2.24) is 0 Å². The quantitative estimate of drug-likeness (QED) is 0.0794. The average molecular weight is 887 g/mol. The molecule has 8 rings (SSSR count). The van der Waals surface area contributed by atoms with Crippen molar-refractivity contribution < 1.29 is 0 Å². The fraction of sp³-hybridized carbons (Fsp3) is 0.345. The number of hydrogen-bond donors (Lipinski definition) is 0. The van der Waals surface area contributed by atoms with Gasteiger partial charge in [0.25, 0.3) is 0 Å². The van der Waals surface area contributed by atoms with Crippen LogP contribution in [-0.4, -0.2) is 0 Å². The van der Waals surface area contributed by atoms with Crippen molar-refractivity contribution in [1.29, 1.82) is 0 Å². The van der Waals surface area contributed by atoms with Gasteiger partial charge in [0.1, 0.15) is 10.0 Å². The molecule has 6 aromatic rings. The molecule has 326 valence electrons. The third kappa shape index (κ3) is 9.17. The van der Waals surface area contributed by atoms with Crippen LogP contribution in [0.4, 0.5) is 27.1 Å². The molecule has 0 N–H and O–H groups in total. The molecule has 0 aliphatic heterocycles. The van der Waals surface area contributed by atoms with E-state index in [1.165, 1.54) is 100 Å². The third-order valence-electron chi connectivity index (χ3n) is 13.8. The van der Waals surface area contributed by atoms with Crippen LogP contribution in [0.25, 0.3) is 17.2 Å². The van der Waals surface area contributed by atoms with Crippen molar-refractivity contribution in [3.05, 3.63) is 176 Å². The summed E-state index contributed by atoms with van der Waals surface area (Å²) in [4.78, 5) is 10.6. The van der Waals surface area contributed by atoms with E-state index in [2.05, 4.69) is 198 Å². The molecule has 2 unspecified atom stereocenters. The Hall–Kier alpha value is -4.68. The largest absolute Gasteiger partial charge is 0.302 e. The number of hydrogen-bond acceptors (Lipinski definition) is 5. The number of anilines is 5. The average Bonchev–Trinajstić information content (AvgIpc) is 4.09. The standard InChI is InChI=1S/C58H66N2S3/c1-9-13-14-18-37-58(38-20-24-49-28-27-46(10-2)61-49)52-40-44(59(42-21-16-15-17-22-42)54-33-29-47(11-3)62-54)25-31-50(52)51-32-26-45(41-53(51)58)60(55-34-30-48(12-4)63-55)43-23-19-36-57(8,39-35-43)56(5,6)7/h10,15-17,19,21-23,25-36,39-41H,2,9,11-14,18,20,24,37-38H2,1,3-8H3. The lowest BCUT2D eigenvalue weighted by Crippen LogP contribution is -2.28. The summed E-state index contributed by atoms with van der Waals surface area (Å²) < 4.78 is 0. The number of unbranched alkanes of at least 4 members (excludes halogenated alkanes) is 3. The lowest BCUT2D eigenvalue weighted by atomic mass is 9.68. The minimum atomic E-state index is -0.149. The zero-order chi connectivity index (χ0) is 44.2.